The lowest BCUT2D eigenvalue weighted by Crippen LogP contribution is -2.25. The van der Waals surface area contributed by atoms with E-state index < -0.39 is 29.5 Å². The van der Waals surface area contributed by atoms with E-state index in [-0.39, 0.29) is 40.2 Å². The number of H-pyrrole nitrogens is 4. The van der Waals surface area contributed by atoms with Gasteiger partial charge < -0.3 is 46.5 Å². The molecule has 0 aromatic carbocycles. The molecule has 0 fully saturated rings. The molecule has 16 heteroatoms. The number of nitriles is 1. The van der Waals surface area contributed by atoms with Gasteiger partial charge in [-0.15, -0.1) is 0 Å². The molecule has 0 unspecified atom stereocenters. The van der Waals surface area contributed by atoms with Crippen LogP contribution >= 0.6 is 15.9 Å². The van der Waals surface area contributed by atoms with Crippen molar-refractivity contribution in [3.63, 3.8) is 0 Å². The predicted molar refractivity (Wildman–Crippen MR) is 175 cm³/mol. The second kappa shape index (κ2) is 13.9. The zero-order valence-corrected chi connectivity index (χ0v) is 26.9. The van der Waals surface area contributed by atoms with Crippen molar-refractivity contribution in [3.05, 3.63) is 80.9 Å². The van der Waals surface area contributed by atoms with Gasteiger partial charge in [0.15, 0.2) is 0 Å². The van der Waals surface area contributed by atoms with E-state index >= 15 is 0 Å². The third-order valence-electron chi connectivity index (χ3n) is 7.23. The third kappa shape index (κ3) is 6.94. The first kappa shape index (κ1) is 33.1. The number of carbonyl (C=O) groups is 5. The summed E-state index contributed by atoms with van der Waals surface area (Å²) in [5.74, 6) is -2.32. The van der Waals surface area contributed by atoms with Gasteiger partial charge in [0, 0.05) is 53.6 Å². The first-order valence-electron chi connectivity index (χ1n) is 13.8. The minimum Gasteiger partial charge on any atom is -0.355 e. The largest absolute Gasteiger partial charge is 0.355 e. The van der Waals surface area contributed by atoms with Crippen LogP contribution in [0, 0.1) is 39.0 Å². The summed E-state index contributed by atoms with van der Waals surface area (Å²) >= 11 is 3.01. The summed E-state index contributed by atoms with van der Waals surface area (Å²) in [5.41, 5.74) is 4.40. The Bertz CT molecular complexity index is 1920. The van der Waals surface area contributed by atoms with Gasteiger partial charge in [-0.3, -0.25) is 24.0 Å². The summed E-state index contributed by atoms with van der Waals surface area (Å²) in [6, 6.07) is 1.95. The monoisotopic (exact) mass is 690 g/mol. The van der Waals surface area contributed by atoms with Crippen LogP contribution in [0.2, 0.25) is 0 Å². The minimum atomic E-state index is -0.503. The molecule has 238 valence electrons. The maximum atomic E-state index is 13.2. The number of carbonyl (C=O) groups excluding carboxylic acids is 5. The number of hydrogen-bond acceptors (Lipinski definition) is 6. The van der Waals surface area contributed by atoms with Crippen molar-refractivity contribution in [1.82, 2.24) is 25.3 Å². The molecule has 15 nitrogen and oxygen atoms in total. The Labute approximate surface area is 271 Å². The Hall–Kier alpha value is -5.82. The molecule has 0 aliphatic carbocycles. The summed E-state index contributed by atoms with van der Waals surface area (Å²) in [6.07, 6.45) is 6.13. The van der Waals surface area contributed by atoms with Gasteiger partial charge in [0.1, 0.15) is 22.8 Å². The molecule has 0 atom stereocenters. The Morgan fingerprint density at radius 3 is 1.30 bits per heavy atom. The van der Waals surface area contributed by atoms with Crippen LogP contribution in [0.5, 0.6) is 0 Å². The van der Waals surface area contributed by atoms with E-state index in [1.165, 1.54) is 24.8 Å². The fourth-order valence-electron chi connectivity index (χ4n) is 4.51. The second-order valence-electron chi connectivity index (χ2n) is 10.2. The van der Waals surface area contributed by atoms with Crippen LogP contribution in [0.1, 0.15) is 70.6 Å². The summed E-state index contributed by atoms with van der Waals surface area (Å²) in [4.78, 5) is 74.9. The number of nitrogens with one attached hydrogen (secondary N) is 9. The van der Waals surface area contributed by atoms with Crippen molar-refractivity contribution in [2.24, 2.45) is 0 Å². The molecule has 46 heavy (non-hydrogen) atoms. The van der Waals surface area contributed by atoms with Gasteiger partial charge in [-0.2, -0.15) is 5.26 Å². The molecule has 4 aromatic rings. The maximum absolute atomic E-state index is 13.2. The minimum absolute atomic E-state index is 0.139. The van der Waals surface area contributed by atoms with Gasteiger partial charge in [-0.1, -0.05) is 6.58 Å². The van der Waals surface area contributed by atoms with E-state index in [9.17, 15) is 24.0 Å². The average Bonchev–Trinajstić information content (AvgIpc) is 3.76. The van der Waals surface area contributed by atoms with Crippen LogP contribution < -0.4 is 26.6 Å². The first-order chi connectivity index (χ1) is 21.8. The third-order valence-corrected chi connectivity index (χ3v) is 7.59. The predicted octanol–water partition coefficient (Wildman–Crippen LogP) is 4.48. The lowest BCUT2D eigenvalue weighted by atomic mass is 10.2. The lowest BCUT2D eigenvalue weighted by molar-refractivity contribution is -0.112. The van der Waals surface area contributed by atoms with Crippen molar-refractivity contribution in [2.75, 3.05) is 27.8 Å². The number of aromatic amines is 4. The molecular weight excluding hydrogens is 660 g/mol. The zero-order valence-electron chi connectivity index (χ0n) is 25.3. The highest BCUT2D eigenvalue weighted by atomic mass is 79.9. The number of hydrogen-bond donors (Lipinski definition) is 9. The van der Waals surface area contributed by atoms with Crippen LogP contribution in [0.4, 0.5) is 22.7 Å². The van der Waals surface area contributed by atoms with Crippen LogP contribution in [-0.4, -0.2) is 56.0 Å². The van der Waals surface area contributed by atoms with Crippen molar-refractivity contribution in [1.29, 1.82) is 5.26 Å². The molecule has 0 spiro atoms. The molecule has 4 rings (SSSR count). The smallest absolute Gasteiger partial charge is 0.272 e. The Kier molecular flexibility index (Phi) is 9.97. The van der Waals surface area contributed by atoms with Gasteiger partial charge in [-0.05, 0) is 43.6 Å². The summed E-state index contributed by atoms with van der Waals surface area (Å²) < 4.78 is 0.139. The summed E-state index contributed by atoms with van der Waals surface area (Å²) in [6.45, 7) is 10.4. The van der Waals surface area contributed by atoms with Gasteiger partial charge in [0.2, 0.25) is 0 Å². The first-order valence-corrected chi connectivity index (χ1v) is 14.6. The average molecular weight is 692 g/mol. The fourth-order valence-corrected chi connectivity index (χ4v) is 4.61. The van der Waals surface area contributed by atoms with Crippen LogP contribution in [0.15, 0.2) is 35.8 Å². The van der Waals surface area contributed by atoms with Crippen LogP contribution in [0.3, 0.4) is 0 Å². The van der Waals surface area contributed by atoms with E-state index in [0.29, 0.717) is 45.0 Å². The number of anilines is 4. The van der Waals surface area contributed by atoms with E-state index in [2.05, 4.69) is 69.0 Å². The molecular formula is C30H31BrN10O5. The number of aromatic nitrogens is 4. The van der Waals surface area contributed by atoms with Crippen LogP contribution in [0.25, 0.3) is 0 Å². The molecule has 0 saturated heterocycles. The maximum Gasteiger partial charge on any atom is 0.272 e. The second-order valence-corrected chi connectivity index (χ2v) is 11.2. The number of halogens is 1. The Morgan fingerprint density at radius 2 is 0.978 bits per heavy atom. The van der Waals surface area contributed by atoms with E-state index in [4.69, 9.17) is 5.26 Å². The highest BCUT2D eigenvalue weighted by Gasteiger charge is 2.23. The molecule has 5 amide bonds. The topological polar surface area (TPSA) is 232 Å². The molecule has 4 aromatic heterocycles. The standard InChI is InChI=1S/C30H31BrN10O5/c1-13-19(10-34-22(13)27(43)33-8-6-7-32)39-29(45)24-15(3)21(12-36-24)41-30(46)25-16(4)20(11-37-25)40-28(44)23-14(2)18(9-35-23)38-26(42)17(5)31/h9-12,34-37H,5-6,8H2,1-4H3,(H,33,43)(H,38,42)(H,39,45)(H,40,44)(H,41,46). The Morgan fingerprint density at radius 1 is 0.652 bits per heavy atom. The Balaban J connectivity index is 1.40. The van der Waals surface area contributed by atoms with Gasteiger partial charge >= 0.3 is 0 Å². The molecule has 0 saturated carbocycles. The highest BCUT2D eigenvalue weighted by Crippen LogP contribution is 2.26. The molecule has 0 bridgehead atoms. The highest BCUT2D eigenvalue weighted by molar-refractivity contribution is 9.12. The van der Waals surface area contributed by atoms with Crippen LogP contribution in [-0.2, 0) is 4.79 Å². The quantitative estimate of drug-likeness (QED) is 0.0812. The molecule has 0 aliphatic heterocycles. The molecule has 0 radical (unpaired) electrons. The summed E-state index contributed by atoms with van der Waals surface area (Å²) in [7, 11) is 0. The van der Waals surface area contributed by atoms with Crippen molar-refractivity contribution in [2.45, 2.75) is 34.1 Å². The van der Waals surface area contributed by atoms with Gasteiger partial charge in [0.05, 0.1) is 39.7 Å². The van der Waals surface area contributed by atoms with Gasteiger partial charge in [-0.25, -0.2) is 0 Å². The van der Waals surface area contributed by atoms with Crippen molar-refractivity contribution < 1.29 is 24.0 Å². The molecule has 4 heterocycles. The normalized spacial score (nSPS) is 10.5. The molecule has 9 N–H and O–H groups in total. The van der Waals surface area contributed by atoms with Crippen molar-refractivity contribution >= 4 is 68.2 Å². The summed E-state index contributed by atoms with van der Waals surface area (Å²) in [5, 5.41) is 22.2. The number of nitrogens with zero attached hydrogens (tertiary/aromatic N) is 1. The number of amides is 5. The fraction of sp³-hybridized carbons (Fsp3) is 0.200. The van der Waals surface area contributed by atoms with E-state index in [1.54, 1.807) is 27.7 Å². The van der Waals surface area contributed by atoms with E-state index in [0.717, 1.165) is 0 Å². The lowest BCUT2D eigenvalue weighted by Gasteiger charge is -2.08. The molecule has 0 aliphatic rings. The van der Waals surface area contributed by atoms with E-state index in [1.807, 2.05) is 6.07 Å². The zero-order chi connectivity index (χ0) is 33.7. The SMILES string of the molecule is C=C(Br)C(=O)Nc1c[nH]c(C(=O)Nc2c[nH]c(C(=O)Nc3c[nH]c(C(=O)Nc4c[nH]c(C(=O)NCCC#N)c4C)c3C)c2C)c1C. The number of rotatable bonds is 11. The van der Waals surface area contributed by atoms with Gasteiger partial charge in [0.25, 0.3) is 29.5 Å². The van der Waals surface area contributed by atoms with Crippen molar-refractivity contribution in [3.8, 4) is 6.07 Å².